The molecule has 1 amide bonds. The number of piperidine rings is 1. The number of nitrogens with zero attached hydrogens (tertiary/aromatic N) is 2. The maximum absolute atomic E-state index is 12.7. The number of carbonyl (C=O) groups is 1. The minimum absolute atomic E-state index is 0.258. The predicted molar refractivity (Wildman–Crippen MR) is 115 cm³/mol. The van der Waals surface area contributed by atoms with Crippen molar-refractivity contribution in [2.45, 2.75) is 31.8 Å². The van der Waals surface area contributed by atoms with Crippen LogP contribution in [0.25, 0.3) is 10.9 Å². The van der Waals surface area contributed by atoms with Gasteiger partial charge in [-0.3, -0.25) is 9.69 Å². The molecule has 1 N–H and O–H groups in total. The Labute approximate surface area is 171 Å². The zero-order chi connectivity index (χ0) is 19.5. The Morgan fingerprint density at radius 1 is 1.21 bits per heavy atom. The zero-order valence-corrected chi connectivity index (χ0v) is 17.0. The summed E-state index contributed by atoms with van der Waals surface area (Å²) in [6.07, 6.45) is 4.56. The maximum atomic E-state index is 12.7. The molecule has 1 atom stereocenters. The highest BCUT2D eigenvalue weighted by molar-refractivity contribution is 6.30. The summed E-state index contributed by atoms with van der Waals surface area (Å²) >= 11 is 6.09. The second-order valence-corrected chi connectivity index (χ2v) is 8.12. The molecule has 0 aliphatic carbocycles. The number of halogens is 1. The average Bonchev–Trinajstić information content (AvgIpc) is 3.10. The molecule has 2 heterocycles. The molecule has 0 radical (unpaired) electrons. The van der Waals surface area contributed by atoms with Crippen molar-refractivity contribution in [3.63, 3.8) is 0 Å². The number of benzene rings is 2. The van der Waals surface area contributed by atoms with Crippen LogP contribution in [0.15, 0.2) is 54.7 Å². The first-order valence-corrected chi connectivity index (χ1v) is 10.3. The van der Waals surface area contributed by atoms with Gasteiger partial charge in [-0.1, -0.05) is 41.9 Å². The highest BCUT2D eigenvalue weighted by atomic mass is 35.5. The quantitative estimate of drug-likeness (QED) is 0.668. The third kappa shape index (κ3) is 4.23. The van der Waals surface area contributed by atoms with Gasteiger partial charge in [0.2, 0.25) is 5.91 Å². The minimum atomic E-state index is 0.258. The summed E-state index contributed by atoms with van der Waals surface area (Å²) in [5.74, 6) is 0.258. The number of aromatic nitrogens is 1. The Morgan fingerprint density at radius 2 is 2.07 bits per heavy atom. The lowest BCUT2D eigenvalue weighted by Crippen LogP contribution is -2.46. The van der Waals surface area contributed by atoms with Gasteiger partial charge in [-0.15, -0.1) is 0 Å². The van der Waals surface area contributed by atoms with E-state index in [1.807, 2.05) is 29.2 Å². The Balaban J connectivity index is 1.31. The van der Waals surface area contributed by atoms with Crippen LogP contribution < -0.4 is 0 Å². The van der Waals surface area contributed by atoms with Crippen LogP contribution in [-0.4, -0.2) is 46.9 Å². The van der Waals surface area contributed by atoms with Crippen molar-refractivity contribution in [2.24, 2.45) is 0 Å². The van der Waals surface area contributed by atoms with Crippen molar-refractivity contribution < 1.29 is 4.79 Å². The number of rotatable bonds is 6. The second kappa shape index (κ2) is 8.38. The van der Waals surface area contributed by atoms with Gasteiger partial charge < -0.3 is 9.88 Å². The molecule has 1 aliphatic rings. The lowest BCUT2D eigenvalue weighted by molar-refractivity contribution is -0.135. The van der Waals surface area contributed by atoms with Gasteiger partial charge in [0.25, 0.3) is 0 Å². The molecule has 1 aromatic heterocycles. The van der Waals surface area contributed by atoms with Crippen LogP contribution in [-0.2, 0) is 17.8 Å². The molecule has 146 valence electrons. The molecule has 1 fully saturated rings. The zero-order valence-electron chi connectivity index (χ0n) is 16.2. The molecule has 1 aliphatic heterocycles. The van der Waals surface area contributed by atoms with Crippen LogP contribution in [0, 0.1) is 0 Å². The summed E-state index contributed by atoms with van der Waals surface area (Å²) in [5, 5.41) is 2.01. The number of para-hydroxylation sites is 1. The molecule has 3 aromatic rings. The first kappa shape index (κ1) is 19.0. The Kier molecular flexibility index (Phi) is 5.69. The smallest absolute Gasteiger partial charge is 0.224 e. The van der Waals surface area contributed by atoms with Crippen LogP contribution in [0.1, 0.15) is 24.0 Å². The molecule has 0 spiro atoms. The summed E-state index contributed by atoms with van der Waals surface area (Å²) in [6, 6.07) is 16.6. The SMILES string of the molecule is CN(Cc1cccc(Cl)c1)C1CCN(CCc2c[nH]c3ccccc23)C(=O)C1. The van der Waals surface area contributed by atoms with E-state index in [-0.39, 0.29) is 11.9 Å². The molecular weight excluding hydrogens is 370 g/mol. The lowest BCUT2D eigenvalue weighted by Gasteiger charge is -2.36. The molecule has 0 saturated carbocycles. The van der Waals surface area contributed by atoms with E-state index >= 15 is 0 Å². The van der Waals surface area contributed by atoms with Crippen molar-refractivity contribution in [1.29, 1.82) is 0 Å². The van der Waals surface area contributed by atoms with E-state index < -0.39 is 0 Å². The Bertz CT molecular complexity index is 967. The van der Waals surface area contributed by atoms with Crippen molar-refractivity contribution >= 4 is 28.4 Å². The fourth-order valence-electron chi connectivity index (χ4n) is 4.12. The van der Waals surface area contributed by atoms with Gasteiger partial charge in [-0.25, -0.2) is 0 Å². The number of likely N-dealkylation sites (tertiary alicyclic amines) is 1. The third-order valence-corrected chi connectivity index (χ3v) is 6.00. The molecule has 1 saturated heterocycles. The number of carbonyl (C=O) groups excluding carboxylic acids is 1. The largest absolute Gasteiger partial charge is 0.361 e. The van der Waals surface area contributed by atoms with Gasteiger partial charge in [-0.05, 0) is 49.2 Å². The van der Waals surface area contributed by atoms with Crippen LogP contribution in [0.4, 0.5) is 0 Å². The van der Waals surface area contributed by atoms with Crippen LogP contribution in [0.5, 0.6) is 0 Å². The number of nitrogens with one attached hydrogen (secondary N) is 1. The highest BCUT2D eigenvalue weighted by Crippen LogP contribution is 2.22. The fraction of sp³-hybridized carbons (Fsp3) is 0.348. The van der Waals surface area contributed by atoms with Crippen molar-refractivity contribution in [1.82, 2.24) is 14.8 Å². The molecule has 2 aromatic carbocycles. The van der Waals surface area contributed by atoms with Crippen LogP contribution >= 0.6 is 11.6 Å². The Morgan fingerprint density at radius 3 is 2.89 bits per heavy atom. The minimum Gasteiger partial charge on any atom is -0.361 e. The molecule has 28 heavy (non-hydrogen) atoms. The Hall–Kier alpha value is -2.30. The van der Waals surface area contributed by atoms with E-state index in [0.717, 1.165) is 43.0 Å². The van der Waals surface area contributed by atoms with E-state index in [2.05, 4.69) is 47.4 Å². The number of hydrogen-bond acceptors (Lipinski definition) is 2. The number of amides is 1. The molecule has 1 unspecified atom stereocenters. The second-order valence-electron chi connectivity index (χ2n) is 7.68. The van der Waals surface area contributed by atoms with E-state index in [0.29, 0.717) is 6.42 Å². The molecular formula is C23H26ClN3O. The number of fused-ring (bicyclic) bond motifs is 1. The molecule has 0 bridgehead atoms. The molecule has 4 nitrogen and oxygen atoms in total. The van der Waals surface area contributed by atoms with Crippen molar-refractivity contribution in [3.05, 3.63) is 70.9 Å². The lowest BCUT2D eigenvalue weighted by atomic mass is 10.0. The third-order valence-electron chi connectivity index (χ3n) is 5.77. The van der Waals surface area contributed by atoms with Gasteiger partial charge in [0.15, 0.2) is 0 Å². The number of H-pyrrole nitrogens is 1. The van der Waals surface area contributed by atoms with Gasteiger partial charge in [-0.2, -0.15) is 0 Å². The van der Waals surface area contributed by atoms with E-state index in [1.165, 1.54) is 16.5 Å². The summed E-state index contributed by atoms with van der Waals surface area (Å²) in [5.41, 5.74) is 3.62. The maximum Gasteiger partial charge on any atom is 0.224 e. The summed E-state index contributed by atoms with van der Waals surface area (Å²) in [6.45, 7) is 2.42. The van der Waals surface area contributed by atoms with Gasteiger partial charge in [0.1, 0.15) is 0 Å². The first-order valence-electron chi connectivity index (χ1n) is 9.87. The fourth-order valence-corrected chi connectivity index (χ4v) is 4.33. The van der Waals surface area contributed by atoms with Gasteiger partial charge in [0.05, 0.1) is 0 Å². The number of hydrogen-bond donors (Lipinski definition) is 1. The van der Waals surface area contributed by atoms with Gasteiger partial charge >= 0.3 is 0 Å². The number of aromatic amines is 1. The molecule has 5 heteroatoms. The van der Waals surface area contributed by atoms with Gasteiger partial charge in [0, 0.05) is 54.2 Å². The normalized spacial score (nSPS) is 17.6. The monoisotopic (exact) mass is 395 g/mol. The molecule has 4 rings (SSSR count). The predicted octanol–water partition coefficient (Wildman–Crippen LogP) is 4.49. The van der Waals surface area contributed by atoms with E-state index in [9.17, 15) is 4.79 Å². The van der Waals surface area contributed by atoms with Crippen LogP contribution in [0.3, 0.4) is 0 Å². The van der Waals surface area contributed by atoms with Crippen molar-refractivity contribution in [3.8, 4) is 0 Å². The summed E-state index contributed by atoms with van der Waals surface area (Å²) < 4.78 is 0. The van der Waals surface area contributed by atoms with E-state index in [4.69, 9.17) is 11.6 Å². The van der Waals surface area contributed by atoms with Crippen molar-refractivity contribution in [2.75, 3.05) is 20.1 Å². The highest BCUT2D eigenvalue weighted by Gasteiger charge is 2.28. The van der Waals surface area contributed by atoms with E-state index in [1.54, 1.807) is 0 Å². The summed E-state index contributed by atoms with van der Waals surface area (Å²) in [7, 11) is 2.10. The standard InChI is InChI=1S/C23H26ClN3O/c1-26(16-17-5-4-6-19(24)13-17)20-10-12-27(23(28)14-20)11-9-18-15-25-22-8-3-2-7-21(18)22/h2-8,13,15,20,25H,9-12,14,16H2,1H3. The average molecular weight is 396 g/mol. The first-order chi connectivity index (χ1) is 13.6. The summed E-state index contributed by atoms with van der Waals surface area (Å²) in [4.78, 5) is 20.3. The van der Waals surface area contributed by atoms with Crippen LogP contribution in [0.2, 0.25) is 5.02 Å². The topological polar surface area (TPSA) is 39.3 Å².